The van der Waals surface area contributed by atoms with Crippen LogP contribution in [0.1, 0.15) is 6.42 Å². The maximum Gasteiger partial charge on any atom is 0.216 e. The van der Waals surface area contributed by atoms with E-state index in [4.69, 9.17) is 7.85 Å². The third-order valence-electron chi connectivity index (χ3n) is 0.391. The van der Waals surface area contributed by atoms with E-state index in [1.165, 1.54) is 0 Å². The lowest BCUT2D eigenvalue weighted by Crippen LogP contribution is -2.08. The van der Waals surface area contributed by atoms with Gasteiger partial charge in [0.1, 0.15) is 0 Å². The summed E-state index contributed by atoms with van der Waals surface area (Å²) in [5, 5.41) is 0. The molecular formula is C3H6BNO. The van der Waals surface area contributed by atoms with Crippen molar-refractivity contribution in [3.63, 3.8) is 0 Å². The van der Waals surface area contributed by atoms with E-state index in [1.54, 1.807) is 0 Å². The molecule has 2 nitrogen and oxygen atoms in total. The Labute approximate surface area is 38.1 Å². The molecule has 0 unspecified atom stereocenters. The second-order valence-electron chi connectivity index (χ2n) is 1.00. The number of carbonyl (C=O) groups is 1. The van der Waals surface area contributed by atoms with E-state index in [1.807, 2.05) is 0 Å². The molecule has 32 valence electrons. The van der Waals surface area contributed by atoms with Crippen molar-refractivity contribution in [2.24, 2.45) is 5.73 Å². The Bertz CT molecular complexity index is 54.8. The van der Waals surface area contributed by atoms with E-state index < -0.39 is 0 Å². The molecule has 0 aromatic carbocycles. The molecule has 6 heavy (non-hydrogen) atoms. The largest absolute Gasteiger partial charge is 0.370 e. The predicted molar refractivity (Wildman–Crippen MR) is 24.4 cm³/mol. The average molecular weight is 82.9 g/mol. The van der Waals surface area contributed by atoms with Gasteiger partial charge in [0.05, 0.1) is 7.85 Å². The second-order valence-corrected chi connectivity index (χ2v) is 1.00. The number of carbonyl (C=O) groups excluding carboxylic acids is 1. The Morgan fingerprint density at radius 2 is 2.33 bits per heavy atom. The lowest BCUT2D eigenvalue weighted by atomic mass is 10.0. The molecule has 0 bridgehead atoms. The summed E-state index contributed by atoms with van der Waals surface area (Å²) in [6.45, 7) is 0. The van der Waals surface area contributed by atoms with Crippen molar-refractivity contribution in [2.75, 3.05) is 0 Å². The van der Waals surface area contributed by atoms with Crippen molar-refractivity contribution >= 4 is 13.8 Å². The van der Waals surface area contributed by atoms with E-state index in [0.717, 1.165) is 0 Å². The monoisotopic (exact) mass is 83.1 g/mol. The summed E-state index contributed by atoms with van der Waals surface area (Å²) in [5.74, 6) is -0.336. The molecule has 3 heteroatoms. The molecule has 2 radical (unpaired) electrons. The summed E-state index contributed by atoms with van der Waals surface area (Å²) in [6.07, 6.45) is 0.648. The van der Waals surface area contributed by atoms with E-state index in [9.17, 15) is 4.79 Å². The molecule has 0 aliphatic rings. The normalized spacial score (nSPS) is 8.00. The molecule has 0 rings (SSSR count). The van der Waals surface area contributed by atoms with Crippen LogP contribution in [0.5, 0.6) is 0 Å². The molecule has 0 aromatic rings. The van der Waals surface area contributed by atoms with Gasteiger partial charge in [-0.05, 0) is 0 Å². The van der Waals surface area contributed by atoms with Gasteiger partial charge in [-0.15, -0.1) is 0 Å². The van der Waals surface area contributed by atoms with Gasteiger partial charge in [0.2, 0.25) is 5.91 Å². The molecule has 0 aromatic heterocycles. The van der Waals surface area contributed by atoms with Crippen LogP contribution in [0, 0.1) is 0 Å². The highest BCUT2D eigenvalue weighted by molar-refractivity contribution is 6.09. The first-order valence-electron chi connectivity index (χ1n) is 1.75. The highest BCUT2D eigenvalue weighted by atomic mass is 16.1. The predicted octanol–water partition coefficient (Wildman–Crippen LogP) is -0.551. The molecular weight excluding hydrogens is 76.9 g/mol. The molecule has 1 amide bonds. The van der Waals surface area contributed by atoms with Crippen LogP contribution >= 0.6 is 0 Å². The van der Waals surface area contributed by atoms with Crippen LogP contribution in [-0.4, -0.2) is 13.8 Å². The molecule has 2 N–H and O–H groups in total. The van der Waals surface area contributed by atoms with Gasteiger partial charge >= 0.3 is 0 Å². The van der Waals surface area contributed by atoms with Gasteiger partial charge in [0.25, 0.3) is 0 Å². The molecule has 0 saturated carbocycles. The van der Waals surface area contributed by atoms with Gasteiger partial charge in [-0.2, -0.15) is 0 Å². The van der Waals surface area contributed by atoms with Gasteiger partial charge in [-0.25, -0.2) is 0 Å². The van der Waals surface area contributed by atoms with Crippen LogP contribution in [0.15, 0.2) is 0 Å². The fraction of sp³-hybridized carbons (Fsp3) is 0.667. The molecule has 0 saturated heterocycles. The Kier molecular flexibility index (Phi) is 2.54. The van der Waals surface area contributed by atoms with Crippen LogP contribution in [0.25, 0.3) is 0 Å². The summed E-state index contributed by atoms with van der Waals surface area (Å²) in [6, 6.07) is 0. The fourth-order valence-corrected chi connectivity index (χ4v) is 0.142. The zero-order valence-corrected chi connectivity index (χ0v) is 3.48. The second kappa shape index (κ2) is 2.76. The van der Waals surface area contributed by atoms with Crippen molar-refractivity contribution in [3.05, 3.63) is 0 Å². The standard InChI is InChI=1S/C3H6BNO/c4-2-1-3(5)6/h1-2H2,(H2,5,6). The van der Waals surface area contributed by atoms with Crippen LogP contribution in [0.4, 0.5) is 0 Å². The third-order valence-corrected chi connectivity index (χ3v) is 0.391. The lowest BCUT2D eigenvalue weighted by Gasteiger charge is -1.81. The molecule has 0 heterocycles. The molecule has 0 spiro atoms. The first-order valence-corrected chi connectivity index (χ1v) is 1.75. The number of hydrogen-bond acceptors (Lipinski definition) is 1. The van der Waals surface area contributed by atoms with Gasteiger partial charge in [0.15, 0.2) is 0 Å². The zero-order chi connectivity index (χ0) is 4.99. The zero-order valence-electron chi connectivity index (χ0n) is 3.48. The molecule has 0 atom stereocenters. The quantitative estimate of drug-likeness (QED) is 0.447. The smallest absolute Gasteiger partial charge is 0.216 e. The van der Waals surface area contributed by atoms with Crippen molar-refractivity contribution in [2.45, 2.75) is 12.7 Å². The summed E-state index contributed by atoms with van der Waals surface area (Å²) < 4.78 is 0. The Hall–Kier alpha value is -0.465. The van der Waals surface area contributed by atoms with Crippen molar-refractivity contribution in [1.82, 2.24) is 0 Å². The summed E-state index contributed by atoms with van der Waals surface area (Å²) in [5.41, 5.74) is 4.68. The van der Waals surface area contributed by atoms with E-state index >= 15 is 0 Å². The summed E-state index contributed by atoms with van der Waals surface area (Å²) in [7, 11) is 4.93. The molecule has 0 aliphatic carbocycles. The fourth-order valence-electron chi connectivity index (χ4n) is 0.142. The van der Waals surface area contributed by atoms with E-state index in [0.29, 0.717) is 12.7 Å². The van der Waals surface area contributed by atoms with Crippen LogP contribution in [0.2, 0.25) is 6.32 Å². The average Bonchev–Trinajstić information content (AvgIpc) is 1.35. The SMILES string of the molecule is [B]CCC(N)=O. The highest BCUT2D eigenvalue weighted by Crippen LogP contribution is 1.77. The Morgan fingerprint density at radius 3 is 2.33 bits per heavy atom. The number of nitrogens with two attached hydrogens (primary N) is 1. The maximum absolute atomic E-state index is 9.74. The minimum atomic E-state index is -0.336. The summed E-state index contributed by atoms with van der Waals surface area (Å²) >= 11 is 0. The highest BCUT2D eigenvalue weighted by Gasteiger charge is 1.84. The number of primary amides is 1. The molecule has 0 fully saturated rings. The van der Waals surface area contributed by atoms with E-state index in [2.05, 4.69) is 5.73 Å². The number of hydrogen-bond donors (Lipinski definition) is 1. The van der Waals surface area contributed by atoms with Gasteiger partial charge < -0.3 is 5.73 Å². The Balaban J connectivity index is 2.83. The topological polar surface area (TPSA) is 43.1 Å². The van der Waals surface area contributed by atoms with Gasteiger partial charge in [-0.1, -0.05) is 6.32 Å². The van der Waals surface area contributed by atoms with Crippen molar-refractivity contribution in [1.29, 1.82) is 0 Å². The summed E-state index contributed by atoms with van der Waals surface area (Å²) in [4.78, 5) is 9.74. The first kappa shape index (κ1) is 5.53. The first-order chi connectivity index (χ1) is 2.77. The minimum absolute atomic E-state index is 0.292. The van der Waals surface area contributed by atoms with Crippen LogP contribution in [0.3, 0.4) is 0 Å². The maximum atomic E-state index is 9.74. The van der Waals surface area contributed by atoms with Crippen molar-refractivity contribution < 1.29 is 4.79 Å². The minimum Gasteiger partial charge on any atom is -0.370 e. The molecule has 0 aliphatic heterocycles. The number of rotatable bonds is 2. The van der Waals surface area contributed by atoms with Crippen LogP contribution < -0.4 is 5.73 Å². The number of amides is 1. The van der Waals surface area contributed by atoms with Gasteiger partial charge in [-0.3, -0.25) is 4.79 Å². The van der Waals surface area contributed by atoms with Gasteiger partial charge in [0, 0.05) is 6.42 Å². The Morgan fingerprint density at radius 1 is 1.83 bits per heavy atom. The third kappa shape index (κ3) is 3.53. The van der Waals surface area contributed by atoms with E-state index in [-0.39, 0.29) is 5.91 Å². The van der Waals surface area contributed by atoms with Crippen molar-refractivity contribution in [3.8, 4) is 0 Å². The van der Waals surface area contributed by atoms with Crippen LogP contribution in [-0.2, 0) is 4.79 Å². The lowest BCUT2D eigenvalue weighted by molar-refractivity contribution is -0.117.